The van der Waals surface area contributed by atoms with Crippen molar-refractivity contribution in [3.63, 3.8) is 0 Å². The van der Waals surface area contributed by atoms with Gasteiger partial charge in [0.1, 0.15) is 5.82 Å². The monoisotopic (exact) mass is 303 g/mol. The van der Waals surface area contributed by atoms with Gasteiger partial charge in [0.15, 0.2) is 6.29 Å². The van der Waals surface area contributed by atoms with E-state index in [0.717, 1.165) is 11.3 Å². The summed E-state index contributed by atoms with van der Waals surface area (Å²) in [5.41, 5.74) is 3.38. The summed E-state index contributed by atoms with van der Waals surface area (Å²) >= 11 is 0. The number of hydrogen-bond donors (Lipinski definition) is 2. The van der Waals surface area contributed by atoms with E-state index in [9.17, 15) is 14.6 Å². The van der Waals surface area contributed by atoms with Gasteiger partial charge in [-0.2, -0.15) is 0 Å². The van der Waals surface area contributed by atoms with Crippen molar-refractivity contribution < 1.29 is 14.6 Å². The lowest BCUT2D eigenvalue weighted by molar-refractivity contribution is -0.0431. The lowest BCUT2D eigenvalue weighted by atomic mass is 9.91. The Bertz CT molecular complexity index is 649. The van der Waals surface area contributed by atoms with Crippen LogP contribution >= 0.6 is 0 Å². The first-order chi connectivity index (χ1) is 10.3. The van der Waals surface area contributed by atoms with Crippen LogP contribution in [-0.4, -0.2) is 15.2 Å². The molecule has 1 aromatic heterocycles. The maximum absolute atomic E-state index is 13.2. The molecular weight excluding hydrogens is 281 g/mol. The quantitative estimate of drug-likeness (QED) is 0.835. The van der Waals surface area contributed by atoms with Gasteiger partial charge in [0, 0.05) is 11.3 Å². The van der Waals surface area contributed by atoms with Gasteiger partial charge >= 0.3 is 0 Å². The molecule has 4 heteroatoms. The van der Waals surface area contributed by atoms with Crippen LogP contribution in [0.1, 0.15) is 62.8 Å². The van der Waals surface area contributed by atoms with E-state index in [2.05, 4.69) is 4.98 Å². The first-order valence-electron chi connectivity index (χ1n) is 7.48. The van der Waals surface area contributed by atoms with Crippen molar-refractivity contribution in [3.05, 3.63) is 53.1 Å². The molecule has 0 aliphatic rings. The second-order valence-corrected chi connectivity index (χ2v) is 6.08. The smallest absolute Gasteiger partial charge is 0.180 e. The molecule has 22 heavy (non-hydrogen) atoms. The molecule has 0 bridgehead atoms. The summed E-state index contributed by atoms with van der Waals surface area (Å²) in [5, 5.41) is 19.6. The largest absolute Gasteiger partial charge is 0.364 e. The maximum Gasteiger partial charge on any atom is 0.180 e. The third kappa shape index (κ3) is 3.34. The highest BCUT2D eigenvalue weighted by atomic mass is 19.1. The van der Waals surface area contributed by atoms with Crippen LogP contribution in [0.15, 0.2) is 30.3 Å². The van der Waals surface area contributed by atoms with Gasteiger partial charge in [0.25, 0.3) is 0 Å². The van der Waals surface area contributed by atoms with E-state index in [1.54, 1.807) is 12.1 Å². The Labute approximate surface area is 130 Å². The number of halogens is 1. The van der Waals surface area contributed by atoms with Crippen LogP contribution in [0, 0.1) is 5.82 Å². The Morgan fingerprint density at radius 2 is 1.55 bits per heavy atom. The molecule has 1 heterocycles. The van der Waals surface area contributed by atoms with Crippen molar-refractivity contribution in [3.8, 4) is 11.1 Å². The number of benzene rings is 1. The van der Waals surface area contributed by atoms with Crippen LogP contribution < -0.4 is 0 Å². The topological polar surface area (TPSA) is 53.4 Å². The molecule has 2 N–H and O–H groups in total. The molecule has 0 spiro atoms. The van der Waals surface area contributed by atoms with Crippen molar-refractivity contribution in [2.75, 3.05) is 0 Å². The summed E-state index contributed by atoms with van der Waals surface area (Å²) in [7, 11) is 0. The summed E-state index contributed by atoms with van der Waals surface area (Å²) in [6, 6.07) is 7.88. The Hall–Kier alpha value is -1.78. The highest BCUT2D eigenvalue weighted by Gasteiger charge is 2.21. The maximum atomic E-state index is 13.2. The Balaban J connectivity index is 2.75. The number of aromatic nitrogens is 1. The molecule has 3 nitrogen and oxygen atoms in total. The lowest BCUT2D eigenvalue weighted by Gasteiger charge is -2.21. The molecule has 2 aromatic rings. The highest BCUT2D eigenvalue weighted by molar-refractivity contribution is 5.69. The molecule has 2 rings (SSSR count). The third-order valence-electron chi connectivity index (χ3n) is 3.66. The van der Waals surface area contributed by atoms with E-state index >= 15 is 0 Å². The first kappa shape index (κ1) is 16.6. The van der Waals surface area contributed by atoms with E-state index in [4.69, 9.17) is 0 Å². The second kappa shape index (κ2) is 6.55. The van der Waals surface area contributed by atoms with Gasteiger partial charge in [-0.15, -0.1) is 0 Å². The zero-order valence-electron chi connectivity index (χ0n) is 13.3. The molecule has 0 radical (unpaired) electrons. The van der Waals surface area contributed by atoms with Gasteiger partial charge in [0.05, 0.1) is 5.69 Å². The molecule has 0 aliphatic heterocycles. The molecule has 0 saturated heterocycles. The molecule has 0 atom stereocenters. The minimum atomic E-state index is -1.62. The van der Waals surface area contributed by atoms with Crippen molar-refractivity contribution in [2.45, 2.75) is 45.8 Å². The zero-order valence-corrected chi connectivity index (χ0v) is 13.3. The van der Waals surface area contributed by atoms with Gasteiger partial charge in [-0.25, -0.2) is 4.39 Å². The van der Waals surface area contributed by atoms with Crippen molar-refractivity contribution in [2.24, 2.45) is 0 Å². The number of pyridine rings is 1. The average molecular weight is 303 g/mol. The SMILES string of the molecule is CC(C)c1cc(-c2ccc(F)cc2)c(C(O)O)c(C(C)C)n1. The van der Waals surface area contributed by atoms with Gasteiger partial charge in [-0.3, -0.25) is 4.98 Å². The second-order valence-electron chi connectivity index (χ2n) is 6.08. The zero-order chi connectivity index (χ0) is 16.4. The lowest BCUT2D eigenvalue weighted by Crippen LogP contribution is -2.10. The third-order valence-corrected chi connectivity index (χ3v) is 3.66. The molecule has 0 fully saturated rings. The Kier molecular flexibility index (Phi) is 4.94. The molecule has 118 valence electrons. The van der Waals surface area contributed by atoms with Crippen LogP contribution in [0.25, 0.3) is 11.1 Å². The van der Waals surface area contributed by atoms with Crippen molar-refractivity contribution >= 4 is 0 Å². The van der Waals surface area contributed by atoms with E-state index < -0.39 is 6.29 Å². The van der Waals surface area contributed by atoms with Crippen LogP contribution in [0.5, 0.6) is 0 Å². The van der Waals surface area contributed by atoms with Crippen LogP contribution in [0.4, 0.5) is 4.39 Å². The molecular formula is C18H22FNO2. The molecule has 0 saturated carbocycles. The summed E-state index contributed by atoms with van der Waals surface area (Å²) in [6.45, 7) is 8.01. The van der Waals surface area contributed by atoms with Crippen molar-refractivity contribution in [1.29, 1.82) is 0 Å². The van der Waals surface area contributed by atoms with Gasteiger partial charge in [0.2, 0.25) is 0 Å². The molecule has 0 unspecified atom stereocenters. The van der Waals surface area contributed by atoms with E-state index in [0.29, 0.717) is 16.8 Å². The fourth-order valence-electron chi connectivity index (χ4n) is 2.47. The number of rotatable bonds is 4. The summed E-state index contributed by atoms with van der Waals surface area (Å²) in [4.78, 5) is 4.60. The number of nitrogens with zero attached hydrogens (tertiary/aromatic N) is 1. The minimum absolute atomic E-state index is 0.0506. The number of aliphatic hydroxyl groups is 2. The van der Waals surface area contributed by atoms with Gasteiger partial charge < -0.3 is 10.2 Å². The molecule has 0 aliphatic carbocycles. The average Bonchev–Trinajstić information content (AvgIpc) is 2.46. The van der Waals surface area contributed by atoms with Crippen LogP contribution in [0.2, 0.25) is 0 Å². The predicted octanol–water partition coefficient (Wildman–Crippen LogP) is 4.12. The normalized spacial score (nSPS) is 11.7. The number of aliphatic hydroxyl groups excluding tert-OH is 1. The summed E-state index contributed by atoms with van der Waals surface area (Å²) in [6.07, 6.45) is -1.62. The standard InChI is InChI=1S/C18H22FNO2/c1-10(2)15-9-14(12-5-7-13(19)8-6-12)16(18(21)22)17(20-15)11(3)4/h5-11,18,21-22H,1-4H3. The molecule has 1 aromatic carbocycles. The molecule has 0 amide bonds. The summed E-state index contributed by atoms with van der Waals surface area (Å²) < 4.78 is 13.2. The Morgan fingerprint density at radius 3 is 2.00 bits per heavy atom. The predicted molar refractivity (Wildman–Crippen MR) is 85.0 cm³/mol. The number of hydrogen-bond acceptors (Lipinski definition) is 3. The Morgan fingerprint density at radius 1 is 0.955 bits per heavy atom. The fourth-order valence-corrected chi connectivity index (χ4v) is 2.47. The van der Waals surface area contributed by atoms with E-state index in [1.807, 2.05) is 33.8 Å². The van der Waals surface area contributed by atoms with E-state index in [-0.39, 0.29) is 17.7 Å². The highest BCUT2D eigenvalue weighted by Crippen LogP contribution is 2.35. The van der Waals surface area contributed by atoms with E-state index in [1.165, 1.54) is 12.1 Å². The van der Waals surface area contributed by atoms with Crippen LogP contribution in [0.3, 0.4) is 0 Å². The first-order valence-corrected chi connectivity index (χ1v) is 7.48. The van der Waals surface area contributed by atoms with Crippen LogP contribution in [-0.2, 0) is 0 Å². The van der Waals surface area contributed by atoms with Gasteiger partial charge in [-0.05, 0) is 41.2 Å². The summed E-state index contributed by atoms with van der Waals surface area (Å²) in [5.74, 6) is -0.0617. The minimum Gasteiger partial charge on any atom is -0.364 e. The van der Waals surface area contributed by atoms with Gasteiger partial charge in [-0.1, -0.05) is 39.8 Å². The van der Waals surface area contributed by atoms with Crippen molar-refractivity contribution in [1.82, 2.24) is 4.98 Å². The fraction of sp³-hybridized carbons (Fsp3) is 0.389.